The van der Waals surface area contributed by atoms with Crippen LogP contribution in [-0.2, 0) is 30.2 Å². The number of carbonyl (C=O) groups is 3. The van der Waals surface area contributed by atoms with E-state index in [1.165, 1.54) is 19.2 Å². The van der Waals surface area contributed by atoms with E-state index < -0.39 is 48.9 Å². The molecule has 21 heteroatoms. The Morgan fingerprint density at radius 1 is 0.878 bits per heavy atom. The number of imidazole rings is 2. The summed E-state index contributed by atoms with van der Waals surface area (Å²) >= 11 is 0.984. The van der Waals surface area contributed by atoms with Crippen molar-refractivity contribution in [1.29, 1.82) is 0 Å². The molecule has 4 aliphatic heterocycles. The molecule has 4 N–H and O–H groups in total. The average molecular weight is 1040 g/mol. The normalized spacial score (nSPS) is 22.7. The number of nitrogens with one attached hydrogen (secondary N) is 4. The summed E-state index contributed by atoms with van der Waals surface area (Å²) in [5.74, 6) is 0.332. The van der Waals surface area contributed by atoms with Crippen LogP contribution < -0.4 is 15.4 Å². The summed E-state index contributed by atoms with van der Waals surface area (Å²) in [4.78, 5) is 60.9. The maximum Gasteiger partial charge on any atom is 0.407 e. The number of likely N-dealkylation sites (tertiary alicyclic amines) is 2. The van der Waals surface area contributed by atoms with Gasteiger partial charge in [0.25, 0.3) is 0 Å². The maximum absolute atomic E-state index is 16.9. The Morgan fingerprint density at radius 3 is 2.18 bits per heavy atom. The first-order valence-electron chi connectivity index (χ1n) is 25.2. The van der Waals surface area contributed by atoms with Gasteiger partial charge < -0.3 is 44.0 Å². The fourth-order valence-electron chi connectivity index (χ4n) is 11.5. The third-order valence-electron chi connectivity index (χ3n) is 14.7. The number of carbonyl (C=O) groups excluding carboxylic acids is 3. The molecule has 16 nitrogen and oxygen atoms in total. The lowest BCUT2D eigenvalue weighted by Crippen LogP contribution is -2.53. The van der Waals surface area contributed by atoms with Gasteiger partial charge >= 0.3 is 12.3 Å². The number of halogens is 4. The number of amides is 3. The number of aromatic nitrogens is 5. The van der Waals surface area contributed by atoms with Crippen LogP contribution in [0.3, 0.4) is 0 Å². The SMILES string of the molecule is COCNC(C(=O)N1CCCC1c1ncc(-c2ccc3c(c2)cc2n3C(c3ccc(CC(F)(F)F)s3)Oc3cc(-c4cnc(C5CCCN5C(=O)C(NC(=O)OC)C(C)C)[nH]4)cc(F)c3-2)[nH]1)C1CC(C)OC(C)C1. The van der Waals surface area contributed by atoms with E-state index in [2.05, 4.69) is 25.6 Å². The minimum Gasteiger partial charge on any atom is -0.464 e. The van der Waals surface area contributed by atoms with Crippen molar-refractivity contribution in [2.75, 3.05) is 34.0 Å². The molecule has 10 rings (SSSR count). The lowest BCUT2D eigenvalue weighted by Gasteiger charge is -2.38. The third-order valence-corrected chi connectivity index (χ3v) is 15.9. The summed E-state index contributed by atoms with van der Waals surface area (Å²) in [5, 5.41) is 6.74. The third kappa shape index (κ3) is 10.1. The number of benzene rings is 2. The Kier molecular flexibility index (Phi) is 14.4. The summed E-state index contributed by atoms with van der Waals surface area (Å²) < 4.78 is 82.6. The first-order chi connectivity index (χ1) is 35.5. The van der Waals surface area contributed by atoms with Crippen LogP contribution in [0.1, 0.15) is 106 Å². The Bertz CT molecular complexity index is 3030. The zero-order valence-electron chi connectivity index (χ0n) is 42.1. The average Bonchev–Trinajstić information content (AvgIpc) is 4.23. The fraction of sp³-hybridized carbons (Fsp3) is 0.491. The Labute approximate surface area is 429 Å². The van der Waals surface area contributed by atoms with E-state index in [0.717, 1.165) is 48.0 Å². The van der Waals surface area contributed by atoms with Crippen molar-refractivity contribution in [3.05, 3.63) is 88.1 Å². The van der Waals surface area contributed by atoms with Gasteiger partial charge in [-0.1, -0.05) is 19.9 Å². The minimum absolute atomic E-state index is 0.00739. The van der Waals surface area contributed by atoms with E-state index in [4.69, 9.17) is 23.9 Å². The highest BCUT2D eigenvalue weighted by molar-refractivity contribution is 7.12. The van der Waals surface area contributed by atoms with Crippen LogP contribution >= 0.6 is 11.3 Å². The van der Waals surface area contributed by atoms with Crippen molar-refractivity contribution < 1.29 is 50.9 Å². The summed E-state index contributed by atoms with van der Waals surface area (Å²) in [5.41, 5.74) is 3.69. The summed E-state index contributed by atoms with van der Waals surface area (Å²) in [6, 6.07) is 11.8. The number of alkyl carbamates (subject to hydrolysis) is 1. The van der Waals surface area contributed by atoms with Crippen LogP contribution in [0.15, 0.2) is 60.9 Å². The van der Waals surface area contributed by atoms with Crippen LogP contribution in [0.5, 0.6) is 5.75 Å². The van der Waals surface area contributed by atoms with E-state index in [1.807, 2.05) is 61.4 Å². The lowest BCUT2D eigenvalue weighted by molar-refractivity contribution is -0.139. The molecule has 74 heavy (non-hydrogen) atoms. The molecule has 2 aromatic carbocycles. The van der Waals surface area contributed by atoms with Gasteiger partial charge in [0.1, 0.15) is 29.3 Å². The molecule has 6 aromatic rings. The largest absolute Gasteiger partial charge is 0.464 e. The van der Waals surface area contributed by atoms with Gasteiger partial charge in [0.15, 0.2) is 0 Å². The van der Waals surface area contributed by atoms with E-state index >= 15 is 4.39 Å². The Hall–Kier alpha value is -6.29. The highest BCUT2D eigenvalue weighted by Gasteiger charge is 2.42. The molecule has 3 saturated heterocycles. The van der Waals surface area contributed by atoms with Gasteiger partial charge in [-0.25, -0.2) is 19.2 Å². The van der Waals surface area contributed by atoms with Crippen molar-refractivity contribution in [2.45, 2.75) is 121 Å². The fourth-order valence-corrected chi connectivity index (χ4v) is 12.5. The second kappa shape index (κ2) is 20.8. The van der Waals surface area contributed by atoms with E-state index in [0.29, 0.717) is 70.6 Å². The molecule has 7 atom stereocenters. The molecule has 7 unspecified atom stereocenters. The number of ether oxygens (including phenoxy) is 4. The van der Waals surface area contributed by atoms with Crippen molar-refractivity contribution >= 4 is 40.1 Å². The molecule has 0 bridgehead atoms. The van der Waals surface area contributed by atoms with Gasteiger partial charge in [-0.2, -0.15) is 13.2 Å². The number of thiophene rings is 1. The van der Waals surface area contributed by atoms with Gasteiger partial charge in [0, 0.05) is 41.6 Å². The van der Waals surface area contributed by atoms with Gasteiger partial charge in [-0.15, -0.1) is 11.3 Å². The molecule has 0 aliphatic carbocycles. The molecule has 3 amide bonds. The number of alkyl halides is 3. The number of hydrogen-bond donors (Lipinski definition) is 4. The van der Waals surface area contributed by atoms with Crippen LogP contribution in [0.25, 0.3) is 44.7 Å². The van der Waals surface area contributed by atoms with E-state index in [9.17, 15) is 27.6 Å². The molecular formula is C53H61F4N9O7S. The number of nitrogens with zero attached hydrogens (tertiary/aromatic N) is 5. The van der Waals surface area contributed by atoms with Gasteiger partial charge in [0.05, 0.1) is 96.0 Å². The summed E-state index contributed by atoms with van der Waals surface area (Å²) in [7, 11) is 2.84. The second-order valence-electron chi connectivity index (χ2n) is 20.3. The Morgan fingerprint density at radius 2 is 1.54 bits per heavy atom. The first kappa shape index (κ1) is 51.2. The number of methoxy groups -OCH3 is 2. The van der Waals surface area contributed by atoms with Crippen LogP contribution in [0, 0.1) is 17.7 Å². The predicted octanol–water partition coefficient (Wildman–Crippen LogP) is 9.81. The number of rotatable bonds is 14. The van der Waals surface area contributed by atoms with Crippen LogP contribution in [0.2, 0.25) is 0 Å². The monoisotopic (exact) mass is 1040 g/mol. The van der Waals surface area contributed by atoms with Gasteiger partial charge in [-0.3, -0.25) is 19.5 Å². The zero-order valence-corrected chi connectivity index (χ0v) is 42.9. The van der Waals surface area contributed by atoms with Crippen LogP contribution in [0.4, 0.5) is 22.4 Å². The molecular weight excluding hydrogens is 983 g/mol. The highest BCUT2D eigenvalue weighted by atomic mass is 32.1. The molecule has 394 valence electrons. The zero-order chi connectivity index (χ0) is 52.2. The molecule has 3 fully saturated rings. The molecule has 4 aliphatic rings. The summed E-state index contributed by atoms with van der Waals surface area (Å²) in [6.45, 7) is 9.03. The number of H-pyrrole nitrogens is 2. The van der Waals surface area contributed by atoms with E-state index in [1.54, 1.807) is 36.5 Å². The van der Waals surface area contributed by atoms with E-state index in [-0.39, 0.29) is 64.8 Å². The second-order valence-corrected chi connectivity index (χ2v) is 21.5. The van der Waals surface area contributed by atoms with Crippen molar-refractivity contribution in [3.8, 4) is 39.5 Å². The standard InChI is InChI=1S/C53H61F4N9O7S/c1-27(2)45(63-52(69)71-6)49(67)64-15-7-9-39(64)48-59-25-37(62-48)31-20-35(54)44-41-21-32-19-30(11-13-38(32)66(41)51(73-42(44)22-31)43-14-12-34(74-43)23-53(55,56)57)36-24-58-47(61-36)40-10-8-16-65(40)50(68)46(60-26-70-5)33-17-28(3)72-29(4)18-33/h11-14,19-22,24-25,27-29,33,39-40,45-46,51,60H,7-10,15-18,23,26H2,1-6H3,(H,58,61)(H,59,62)(H,63,69). The van der Waals surface area contributed by atoms with Crippen LogP contribution in [-0.4, -0.2) is 117 Å². The van der Waals surface area contributed by atoms with Crippen molar-refractivity contribution in [2.24, 2.45) is 11.8 Å². The maximum atomic E-state index is 16.9. The number of hydrogen-bond acceptors (Lipinski definition) is 11. The highest BCUT2D eigenvalue weighted by Crippen LogP contribution is 2.49. The minimum atomic E-state index is -4.42. The molecule has 0 radical (unpaired) electrons. The molecule has 4 aromatic heterocycles. The number of aromatic amines is 2. The molecule has 0 spiro atoms. The molecule has 8 heterocycles. The Balaban J connectivity index is 0.959. The topological polar surface area (TPSA) is 181 Å². The lowest BCUT2D eigenvalue weighted by atomic mass is 9.85. The van der Waals surface area contributed by atoms with Gasteiger partial charge in [-0.05, 0) is 107 Å². The molecule has 0 saturated carbocycles. The summed E-state index contributed by atoms with van der Waals surface area (Å²) in [6.07, 6.45) is 0.568. The smallest absolute Gasteiger partial charge is 0.407 e. The first-order valence-corrected chi connectivity index (χ1v) is 26.0. The van der Waals surface area contributed by atoms with Crippen molar-refractivity contribution in [1.82, 2.24) is 44.9 Å². The predicted molar refractivity (Wildman–Crippen MR) is 268 cm³/mol. The quantitative estimate of drug-likeness (QED) is 0.0606. The number of fused-ring (bicyclic) bond motifs is 5. The van der Waals surface area contributed by atoms with Crippen molar-refractivity contribution in [3.63, 3.8) is 0 Å². The van der Waals surface area contributed by atoms with Gasteiger partial charge in [0.2, 0.25) is 18.0 Å².